The number of rotatable bonds is 6. The van der Waals surface area contributed by atoms with Crippen LogP contribution in [0.5, 0.6) is 0 Å². The molecule has 0 aliphatic heterocycles. The predicted molar refractivity (Wildman–Crippen MR) is 97.0 cm³/mol. The van der Waals surface area contributed by atoms with Crippen LogP contribution in [0.25, 0.3) is 0 Å². The van der Waals surface area contributed by atoms with Gasteiger partial charge in [0, 0.05) is 6.04 Å². The first kappa shape index (κ1) is 17.0. The molecule has 0 aromatic heterocycles. The van der Waals surface area contributed by atoms with Gasteiger partial charge in [-0.05, 0) is 30.9 Å². The average molecular weight is 337 g/mol. The van der Waals surface area contributed by atoms with Gasteiger partial charge in [-0.15, -0.1) is 0 Å². The van der Waals surface area contributed by atoms with Crippen molar-refractivity contribution in [2.75, 3.05) is 6.54 Å². The van der Waals surface area contributed by atoms with E-state index in [-0.39, 0.29) is 24.5 Å². The Morgan fingerprint density at radius 1 is 0.960 bits per heavy atom. The largest absolute Gasteiger partial charge is 0.341 e. The molecule has 0 heterocycles. The molecule has 130 valence electrons. The molecule has 1 saturated carbocycles. The van der Waals surface area contributed by atoms with Crippen LogP contribution in [0.2, 0.25) is 0 Å². The molecule has 3 N–H and O–H groups in total. The predicted octanol–water partition coefficient (Wildman–Crippen LogP) is 2.53. The highest BCUT2D eigenvalue weighted by Crippen LogP contribution is 2.28. The molecule has 1 fully saturated rings. The number of hydrogen-bond donors (Lipinski definition) is 3. The summed E-state index contributed by atoms with van der Waals surface area (Å²) >= 11 is 0. The van der Waals surface area contributed by atoms with Crippen molar-refractivity contribution in [1.82, 2.24) is 16.0 Å². The summed E-state index contributed by atoms with van der Waals surface area (Å²) in [6.45, 7) is 1.91. The fourth-order valence-corrected chi connectivity index (χ4v) is 2.80. The van der Waals surface area contributed by atoms with Crippen LogP contribution >= 0.6 is 0 Å². The van der Waals surface area contributed by atoms with Gasteiger partial charge >= 0.3 is 6.03 Å². The highest BCUT2D eigenvalue weighted by molar-refractivity contribution is 5.85. The van der Waals surface area contributed by atoms with Gasteiger partial charge < -0.3 is 16.0 Å². The Hall–Kier alpha value is -2.82. The summed E-state index contributed by atoms with van der Waals surface area (Å²) < 4.78 is 0. The third-order valence-corrected chi connectivity index (χ3v) is 4.41. The molecule has 3 amide bonds. The van der Waals surface area contributed by atoms with E-state index in [0.29, 0.717) is 0 Å². The van der Waals surface area contributed by atoms with Crippen LogP contribution in [0, 0.1) is 0 Å². The molecule has 5 heteroatoms. The van der Waals surface area contributed by atoms with E-state index in [9.17, 15) is 9.59 Å². The normalized spacial score (nSPS) is 13.8. The van der Waals surface area contributed by atoms with Crippen molar-refractivity contribution in [2.24, 2.45) is 0 Å². The van der Waals surface area contributed by atoms with Gasteiger partial charge in [0.15, 0.2) is 0 Å². The first-order valence-corrected chi connectivity index (χ1v) is 8.54. The van der Waals surface area contributed by atoms with Crippen LogP contribution in [0.1, 0.15) is 30.9 Å². The molecule has 0 atom stereocenters. The SMILES string of the molecule is CC(NC(=O)CNC(=O)NC1CC1)(c1ccccc1)c1ccccc1. The van der Waals surface area contributed by atoms with Crippen LogP contribution < -0.4 is 16.0 Å². The molecule has 1 aliphatic rings. The monoisotopic (exact) mass is 337 g/mol. The second kappa shape index (κ2) is 7.38. The number of nitrogens with one attached hydrogen (secondary N) is 3. The summed E-state index contributed by atoms with van der Waals surface area (Å²) in [4.78, 5) is 24.2. The topological polar surface area (TPSA) is 70.2 Å². The highest BCUT2D eigenvalue weighted by Gasteiger charge is 2.30. The zero-order valence-electron chi connectivity index (χ0n) is 14.3. The molecule has 0 bridgehead atoms. The molecular weight excluding hydrogens is 314 g/mol. The van der Waals surface area contributed by atoms with Crippen LogP contribution in [0.15, 0.2) is 60.7 Å². The molecule has 5 nitrogen and oxygen atoms in total. The number of hydrogen-bond acceptors (Lipinski definition) is 2. The van der Waals surface area contributed by atoms with Crippen molar-refractivity contribution >= 4 is 11.9 Å². The van der Waals surface area contributed by atoms with Gasteiger partial charge in [-0.1, -0.05) is 60.7 Å². The van der Waals surface area contributed by atoms with Gasteiger partial charge in [0.2, 0.25) is 5.91 Å². The Balaban J connectivity index is 1.71. The highest BCUT2D eigenvalue weighted by atomic mass is 16.2. The maximum absolute atomic E-state index is 12.5. The van der Waals surface area contributed by atoms with Gasteiger partial charge in [-0.2, -0.15) is 0 Å². The van der Waals surface area contributed by atoms with Gasteiger partial charge in [-0.25, -0.2) is 4.79 Å². The van der Waals surface area contributed by atoms with E-state index in [1.807, 2.05) is 67.6 Å². The fraction of sp³-hybridized carbons (Fsp3) is 0.300. The Morgan fingerprint density at radius 3 is 1.96 bits per heavy atom. The summed E-state index contributed by atoms with van der Waals surface area (Å²) in [6.07, 6.45) is 2.03. The van der Waals surface area contributed by atoms with Gasteiger partial charge in [0.1, 0.15) is 0 Å². The summed E-state index contributed by atoms with van der Waals surface area (Å²) in [5, 5.41) is 8.49. The number of amides is 3. The number of urea groups is 1. The van der Waals surface area contributed by atoms with Crippen LogP contribution in [-0.2, 0) is 10.3 Å². The molecular formula is C20H23N3O2. The van der Waals surface area contributed by atoms with Gasteiger partial charge in [0.25, 0.3) is 0 Å². The first-order valence-electron chi connectivity index (χ1n) is 8.54. The molecule has 0 spiro atoms. The zero-order valence-corrected chi connectivity index (χ0v) is 14.3. The molecule has 2 aromatic rings. The molecule has 0 saturated heterocycles. The lowest BCUT2D eigenvalue weighted by Crippen LogP contribution is -2.49. The number of carbonyl (C=O) groups excluding carboxylic acids is 2. The van der Waals surface area contributed by atoms with Crippen molar-refractivity contribution in [1.29, 1.82) is 0 Å². The Bertz CT molecular complexity index is 688. The summed E-state index contributed by atoms with van der Waals surface area (Å²) in [6, 6.07) is 19.6. The number of benzene rings is 2. The zero-order chi connectivity index (χ0) is 17.7. The molecule has 3 rings (SSSR count). The minimum Gasteiger partial charge on any atom is -0.341 e. The smallest absolute Gasteiger partial charge is 0.315 e. The van der Waals surface area contributed by atoms with Crippen molar-refractivity contribution in [3.05, 3.63) is 71.8 Å². The van der Waals surface area contributed by atoms with Crippen molar-refractivity contribution in [3.8, 4) is 0 Å². The first-order chi connectivity index (χ1) is 12.1. The second-order valence-corrected chi connectivity index (χ2v) is 6.51. The van der Waals surface area contributed by atoms with Crippen LogP contribution in [-0.4, -0.2) is 24.5 Å². The summed E-state index contributed by atoms with van der Waals surface area (Å²) in [7, 11) is 0. The molecule has 0 unspecified atom stereocenters. The lowest BCUT2D eigenvalue weighted by Gasteiger charge is -2.32. The molecule has 0 radical (unpaired) electrons. The Labute approximate surface area is 147 Å². The maximum atomic E-state index is 12.5. The van der Waals surface area contributed by atoms with E-state index in [0.717, 1.165) is 24.0 Å². The Morgan fingerprint density at radius 2 is 1.48 bits per heavy atom. The third kappa shape index (κ3) is 4.38. The van der Waals surface area contributed by atoms with Crippen molar-refractivity contribution < 1.29 is 9.59 Å². The lowest BCUT2D eigenvalue weighted by molar-refractivity contribution is -0.121. The van der Waals surface area contributed by atoms with Crippen LogP contribution in [0.4, 0.5) is 4.79 Å². The van der Waals surface area contributed by atoms with E-state index in [1.54, 1.807) is 0 Å². The van der Waals surface area contributed by atoms with E-state index >= 15 is 0 Å². The van der Waals surface area contributed by atoms with Crippen molar-refractivity contribution in [2.45, 2.75) is 31.3 Å². The van der Waals surface area contributed by atoms with Crippen LogP contribution in [0.3, 0.4) is 0 Å². The van der Waals surface area contributed by atoms with E-state index in [1.165, 1.54) is 0 Å². The minimum absolute atomic E-state index is 0.0617. The standard InChI is InChI=1S/C20H23N3O2/c1-20(15-8-4-2-5-9-15,16-10-6-3-7-11-16)23-18(24)14-21-19(25)22-17-12-13-17/h2-11,17H,12-14H2,1H3,(H,23,24)(H2,21,22,25). The number of carbonyl (C=O) groups is 2. The summed E-state index contributed by atoms with van der Waals surface area (Å²) in [5.74, 6) is -0.235. The van der Waals surface area contributed by atoms with E-state index < -0.39 is 5.54 Å². The van der Waals surface area contributed by atoms with Gasteiger partial charge in [-0.3, -0.25) is 4.79 Å². The Kier molecular flexibility index (Phi) is 5.03. The second-order valence-electron chi connectivity index (χ2n) is 6.51. The third-order valence-electron chi connectivity index (χ3n) is 4.41. The quantitative estimate of drug-likeness (QED) is 0.758. The average Bonchev–Trinajstić information content (AvgIpc) is 3.45. The maximum Gasteiger partial charge on any atom is 0.315 e. The minimum atomic E-state index is -0.672. The van der Waals surface area contributed by atoms with E-state index in [2.05, 4.69) is 16.0 Å². The summed E-state index contributed by atoms with van der Waals surface area (Å²) in [5.41, 5.74) is 1.29. The van der Waals surface area contributed by atoms with Gasteiger partial charge in [0.05, 0.1) is 12.1 Å². The van der Waals surface area contributed by atoms with Crippen molar-refractivity contribution in [3.63, 3.8) is 0 Å². The van der Waals surface area contributed by atoms with E-state index in [4.69, 9.17) is 0 Å². The molecule has 2 aromatic carbocycles. The molecule has 25 heavy (non-hydrogen) atoms. The lowest BCUT2D eigenvalue weighted by atomic mass is 9.84. The fourth-order valence-electron chi connectivity index (χ4n) is 2.80. The molecule has 1 aliphatic carbocycles.